The summed E-state index contributed by atoms with van der Waals surface area (Å²) < 4.78 is 6.09. The minimum Gasteiger partial charge on any atom is -0.478 e. The molecule has 0 saturated carbocycles. The van der Waals surface area contributed by atoms with Crippen LogP contribution in [0.1, 0.15) is 21.5 Å². The van der Waals surface area contributed by atoms with Gasteiger partial charge in [-0.25, -0.2) is 4.79 Å². The maximum atomic E-state index is 11.3. The number of benzene rings is 3. The maximum absolute atomic E-state index is 11.3. The molecule has 0 aromatic heterocycles. The molecule has 0 fully saturated rings. The van der Waals surface area contributed by atoms with Gasteiger partial charge in [0.15, 0.2) is 5.75 Å². The highest BCUT2D eigenvalue weighted by Crippen LogP contribution is 2.40. The molecular formula is C21H16ClNO3. The molecule has 0 spiro atoms. The quantitative estimate of drug-likeness (QED) is 0.679. The van der Waals surface area contributed by atoms with E-state index >= 15 is 0 Å². The van der Waals surface area contributed by atoms with E-state index in [1.807, 2.05) is 42.5 Å². The summed E-state index contributed by atoms with van der Waals surface area (Å²) in [6.07, 6.45) is 0. The number of para-hydroxylation sites is 1. The fourth-order valence-electron chi connectivity index (χ4n) is 3.13. The molecule has 0 amide bonds. The van der Waals surface area contributed by atoms with Crippen molar-refractivity contribution in [2.75, 3.05) is 4.90 Å². The Bertz CT molecular complexity index is 986. The Morgan fingerprint density at radius 3 is 2.73 bits per heavy atom. The molecule has 1 N–H and O–H groups in total. The summed E-state index contributed by atoms with van der Waals surface area (Å²) >= 11 is 6.22. The van der Waals surface area contributed by atoms with Crippen LogP contribution in [0.25, 0.3) is 0 Å². The van der Waals surface area contributed by atoms with Gasteiger partial charge in [0.25, 0.3) is 0 Å². The second-order valence-electron chi connectivity index (χ2n) is 6.18. The molecule has 0 radical (unpaired) electrons. The standard InChI is InChI=1S/C21H16ClNO3/c22-17-8-9-20-18(11-17)23(13-16-5-1-2-7-19(16)26-20)12-14-4-3-6-15(10-14)21(24)25/h1-11H,12-13H2,(H,24,25). The minimum absolute atomic E-state index is 0.278. The highest BCUT2D eigenvalue weighted by molar-refractivity contribution is 6.31. The van der Waals surface area contributed by atoms with Crippen molar-refractivity contribution in [3.05, 3.63) is 88.4 Å². The number of carboxylic acids is 1. The first kappa shape index (κ1) is 16.5. The van der Waals surface area contributed by atoms with Crippen molar-refractivity contribution in [2.24, 2.45) is 0 Å². The van der Waals surface area contributed by atoms with Crippen LogP contribution in [0.2, 0.25) is 5.02 Å². The van der Waals surface area contributed by atoms with Gasteiger partial charge < -0.3 is 14.7 Å². The van der Waals surface area contributed by atoms with E-state index in [2.05, 4.69) is 4.90 Å². The lowest BCUT2D eigenvalue weighted by molar-refractivity contribution is 0.0696. The van der Waals surface area contributed by atoms with Crippen LogP contribution in [-0.4, -0.2) is 11.1 Å². The first-order chi connectivity index (χ1) is 12.6. The summed E-state index contributed by atoms with van der Waals surface area (Å²) in [6.45, 7) is 1.19. The molecule has 0 unspecified atom stereocenters. The smallest absolute Gasteiger partial charge is 0.335 e. The van der Waals surface area contributed by atoms with E-state index in [9.17, 15) is 9.90 Å². The zero-order valence-corrected chi connectivity index (χ0v) is 14.6. The van der Waals surface area contributed by atoms with Gasteiger partial charge in [-0.3, -0.25) is 0 Å². The average molecular weight is 366 g/mol. The molecule has 1 aliphatic rings. The Morgan fingerprint density at radius 2 is 1.88 bits per heavy atom. The number of ether oxygens (including phenoxy) is 1. The molecule has 4 rings (SSSR count). The number of aromatic carboxylic acids is 1. The molecule has 3 aromatic carbocycles. The summed E-state index contributed by atoms with van der Waals surface area (Å²) in [5.41, 5.74) is 3.14. The molecule has 0 aliphatic carbocycles. The fraction of sp³-hybridized carbons (Fsp3) is 0.0952. The van der Waals surface area contributed by atoms with Gasteiger partial charge in [0.2, 0.25) is 0 Å². The third-order valence-corrected chi connectivity index (χ3v) is 4.60. The van der Waals surface area contributed by atoms with Crippen molar-refractivity contribution in [2.45, 2.75) is 13.1 Å². The third-order valence-electron chi connectivity index (χ3n) is 4.36. The predicted octanol–water partition coefficient (Wildman–Crippen LogP) is 5.35. The molecule has 130 valence electrons. The van der Waals surface area contributed by atoms with Gasteiger partial charge in [-0.15, -0.1) is 0 Å². The van der Waals surface area contributed by atoms with Crippen LogP contribution in [-0.2, 0) is 13.1 Å². The van der Waals surface area contributed by atoms with Crippen LogP contribution in [0.5, 0.6) is 11.5 Å². The van der Waals surface area contributed by atoms with Crippen LogP contribution < -0.4 is 9.64 Å². The molecule has 4 nitrogen and oxygen atoms in total. The Morgan fingerprint density at radius 1 is 1.04 bits per heavy atom. The van der Waals surface area contributed by atoms with E-state index in [0.717, 1.165) is 28.3 Å². The summed E-state index contributed by atoms with van der Waals surface area (Å²) in [4.78, 5) is 13.4. The molecule has 5 heteroatoms. The second kappa shape index (κ2) is 6.73. The first-order valence-corrected chi connectivity index (χ1v) is 8.60. The van der Waals surface area contributed by atoms with Gasteiger partial charge in [-0.1, -0.05) is 41.9 Å². The topological polar surface area (TPSA) is 49.8 Å². The van der Waals surface area contributed by atoms with Crippen LogP contribution in [0.4, 0.5) is 5.69 Å². The molecule has 0 atom stereocenters. The number of hydrogen-bond acceptors (Lipinski definition) is 3. The highest BCUT2D eigenvalue weighted by Gasteiger charge is 2.21. The van der Waals surface area contributed by atoms with E-state index in [-0.39, 0.29) is 5.56 Å². The SMILES string of the molecule is O=C(O)c1cccc(CN2Cc3ccccc3Oc3ccc(Cl)cc32)c1. The van der Waals surface area contributed by atoms with Gasteiger partial charge in [-0.2, -0.15) is 0 Å². The largest absolute Gasteiger partial charge is 0.478 e. The lowest BCUT2D eigenvalue weighted by atomic mass is 10.1. The van der Waals surface area contributed by atoms with Crippen molar-refractivity contribution in [3.63, 3.8) is 0 Å². The number of rotatable bonds is 3. The average Bonchev–Trinajstić information content (AvgIpc) is 2.78. The van der Waals surface area contributed by atoms with Crippen molar-refractivity contribution in [1.82, 2.24) is 0 Å². The number of carbonyl (C=O) groups is 1. The van der Waals surface area contributed by atoms with E-state index in [1.54, 1.807) is 24.3 Å². The number of anilines is 1. The van der Waals surface area contributed by atoms with Crippen LogP contribution in [0.3, 0.4) is 0 Å². The summed E-state index contributed by atoms with van der Waals surface area (Å²) in [7, 11) is 0. The van der Waals surface area contributed by atoms with Crippen molar-refractivity contribution in [3.8, 4) is 11.5 Å². The zero-order valence-electron chi connectivity index (χ0n) is 13.9. The Kier molecular flexibility index (Phi) is 4.27. The van der Waals surface area contributed by atoms with Crippen LogP contribution in [0.15, 0.2) is 66.7 Å². The predicted molar refractivity (Wildman–Crippen MR) is 101 cm³/mol. The molecule has 1 aliphatic heterocycles. The third kappa shape index (κ3) is 3.24. The normalized spacial score (nSPS) is 12.6. The fourth-order valence-corrected chi connectivity index (χ4v) is 3.30. The Labute approximate surface area is 156 Å². The van der Waals surface area contributed by atoms with Gasteiger partial charge in [0, 0.05) is 23.7 Å². The van der Waals surface area contributed by atoms with E-state index in [4.69, 9.17) is 16.3 Å². The van der Waals surface area contributed by atoms with Gasteiger partial charge >= 0.3 is 5.97 Å². The van der Waals surface area contributed by atoms with Crippen molar-refractivity contribution < 1.29 is 14.6 Å². The van der Waals surface area contributed by atoms with Crippen LogP contribution in [0, 0.1) is 0 Å². The van der Waals surface area contributed by atoms with E-state index in [0.29, 0.717) is 18.1 Å². The molecule has 3 aromatic rings. The lowest BCUT2D eigenvalue weighted by Crippen LogP contribution is -2.21. The van der Waals surface area contributed by atoms with Crippen molar-refractivity contribution in [1.29, 1.82) is 0 Å². The zero-order chi connectivity index (χ0) is 18.1. The number of fused-ring (bicyclic) bond motifs is 2. The lowest BCUT2D eigenvalue weighted by Gasteiger charge is -2.24. The number of nitrogens with zero attached hydrogens (tertiary/aromatic N) is 1. The van der Waals surface area contributed by atoms with E-state index in [1.165, 1.54) is 0 Å². The molecule has 0 saturated heterocycles. The minimum atomic E-state index is -0.931. The molecular weight excluding hydrogens is 350 g/mol. The molecule has 26 heavy (non-hydrogen) atoms. The van der Waals surface area contributed by atoms with Gasteiger partial charge in [0.1, 0.15) is 5.75 Å². The maximum Gasteiger partial charge on any atom is 0.335 e. The number of carboxylic acid groups (broad SMARTS) is 1. The molecule has 1 heterocycles. The Balaban J connectivity index is 1.76. The number of halogens is 1. The second-order valence-corrected chi connectivity index (χ2v) is 6.62. The summed E-state index contributed by atoms with van der Waals surface area (Å²) in [5.74, 6) is 0.617. The van der Waals surface area contributed by atoms with Crippen molar-refractivity contribution >= 4 is 23.3 Å². The summed E-state index contributed by atoms with van der Waals surface area (Å²) in [6, 6.07) is 20.4. The monoisotopic (exact) mass is 365 g/mol. The number of hydrogen-bond donors (Lipinski definition) is 1. The summed E-state index contributed by atoms with van der Waals surface area (Å²) in [5, 5.41) is 9.86. The van der Waals surface area contributed by atoms with Gasteiger partial charge in [0.05, 0.1) is 11.3 Å². The Hall–Kier alpha value is -2.98. The van der Waals surface area contributed by atoms with E-state index < -0.39 is 5.97 Å². The highest BCUT2D eigenvalue weighted by atomic mass is 35.5. The van der Waals surface area contributed by atoms with Gasteiger partial charge in [-0.05, 0) is 42.0 Å². The first-order valence-electron chi connectivity index (χ1n) is 8.22. The molecule has 0 bridgehead atoms. The van der Waals surface area contributed by atoms with Crippen LogP contribution >= 0.6 is 11.6 Å².